The van der Waals surface area contributed by atoms with Crippen molar-refractivity contribution >= 4 is 16.9 Å². The number of rotatable bonds is 10. The molecule has 2 nitrogen and oxygen atoms in total. The quantitative estimate of drug-likeness (QED) is 0.355. The lowest BCUT2D eigenvalue weighted by Crippen LogP contribution is -2.14. The van der Waals surface area contributed by atoms with Gasteiger partial charge in [-0.25, -0.2) is 0 Å². The van der Waals surface area contributed by atoms with Crippen LogP contribution in [-0.4, -0.2) is 25.0 Å². The van der Waals surface area contributed by atoms with Crippen molar-refractivity contribution in [2.24, 2.45) is 4.99 Å². The summed E-state index contributed by atoms with van der Waals surface area (Å²) in [4.78, 5) is 4.15. The first-order valence-electron chi connectivity index (χ1n) is 7.12. The highest BCUT2D eigenvalue weighted by atomic mass is 32.2. The number of nitrogens with one attached hydrogen (secondary N) is 1. The highest BCUT2D eigenvalue weighted by molar-refractivity contribution is 8.13. The van der Waals surface area contributed by atoms with Crippen molar-refractivity contribution in [3.8, 4) is 0 Å². The monoisotopic (exact) mass is 258 g/mol. The van der Waals surface area contributed by atoms with E-state index in [0.29, 0.717) is 0 Å². The van der Waals surface area contributed by atoms with Crippen LogP contribution in [0.1, 0.15) is 64.7 Å². The molecule has 17 heavy (non-hydrogen) atoms. The lowest BCUT2D eigenvalue weighted by Gasteiger charge is -2.04. The Labute approximate surface area is 112 Å². The van der Waals surface area contributed by atoms with E-state index in [4.69, 9.17) is 0 Å². The summed E-state index contributed by atoms with van der Waals surface area (Å²) in [5.41, 5.74) is 0. The SMILES string of the molecule is CCCCCCCCCCCSC(=NC)NC. The van der Waals surface area contributed by atoms with Crippen molar-refractivity contribution in [2.45, 2.75) is 64.7 Å². The van der Waals surface area contributed by atoms with Crippen LogP contribution in [-0.2, 0) is 0 Å². The second-order valence-electron chi connectivity index (χ2n) is 4.46. The molecule has 0 amide bonds. The molecule has 0 bridgehead atoms. The van der Waals surface area contributed by atoms with Crippen molar-refractivity contribution < 1.29 is 0 Å². The highest BCUT2D eigenvalue weighted by Gasteiger charge is 1.96. The van der Waals surface area contributed by atoms with E-state index in [1.54, 1.807) is 0 Å². The van der Waals surface area contributed by atoms with Gasteiger partial charge >= 0.3 is 0 Å². The number of amidine groups is 1. The van der Waals surface area contributed by atoms with Gasteiger partial charge in [0.05, 0.1) is 0 Å². The van der Waals surface area contributed by atoms with E-state index in [1.807, 2.05) is 25.9 Å². The first kappa shape index (κ1) is 16.8. The van der Waals surface area contributed by atoms with Gasteiger partial charge in [-0.05, 0) is 6.42 Å². The summed E-state index contributed by atoms with van der Waals surface area (Å²) < 4.78 is 0. The normalized spacial score (nSPS) is 11.8. The fourth-order valence-electron chi connectivity index (χ4n) is 1.83. The van der Waals surface area contributed by atoms with E-state index >= 15 is 0 Å². The van der Waals surface area contributed by atoms with E-state index in [0.717, 1.165) is 5.17 Å². The van der Waals surface area contributed by atoms with Crippen molar-refractivity contribution in [2.75, 3.05) is 19.8 Å². The zero-order valence-electron chi connectivity index (χ0n) is 11.9. The van der Waals surface area contributed by atoms with Gasteiger partial charge in [0.25, 0.3) is 0 Å². The molecule has 102 valence electrons. The topological polar surface area (TPSA) is 24.4 Å². The molecular weight excluding hydrogens is 228 g/mol. The van der Waals surface area contributed by atoms with E-state index in [9.17, 15) is 0 Å². The number of unbranched alkanes of at least 4 members (excludes halogenated alkanes) is 8. The molecule has 0 fully saturated rings. The number of thioether (sulfide) groups is 1. The summed E-state index contributed by atoms with van der Waals surface area (Å²) in [6.07, 6.45) is 12.6. The maximum atomic E-state index is 4.15. The van der Waals surface area contributed by atoms with Gasteiger partial charge in [0.1, 0.15) is 0 Å². The van der Waals surface area contributed by atoms with E-state index < -0.39 is 0 Å². The van der Waals surface area contributed by atoms with Gasteiger partial charge in [0.2, 0.25) is 0 Å². The molecule has 0 aromatic carbocycles. The second kappa shape index (κ2) is 13.9. The van der Waals surface area contributed by atoms with Crippen LogP contribution in [0.3, 0.4) is 0 Å². The fourth-order valence-corrected chi connectivity index (χ4v) is 2.65. The Kier molecular flexibility index (Phi) is 13.7. The van der Waals surface area contributed by atoms with Crippen LogP contribution in [0.25, 0.3) is 0 Å². The standard InChI is InChI=1S/C14H30N2S/c1-4-5-6-7-8-9-10-11-12-13-17-14(15-2)16-3/h4-13H2,1-3H3,(H,15,16). The Bertz CT molecular complexity index is 181. The molecule has 0 rings (SSSR count). The molecule has 0 spiro atoms. The van der Waals surface area contributed by atoms with Crippen LogP contribution >= 0.6 is 11.8 Å². The summed E-state index contributed by atoms with van der Waals surface area (Å²) in [5.74, 6) is 1.20. The third-order valence-electron chi connectivity index (χ3n) is 2.90. The summed E-state index contributed by atoms with van der Waals surface area (Å²) in [5, 5.41) is 4.16. The lowest BCUT2D eigenvalue weighted by molar-refractivity contribution is 0.573. The number of hydrogen-bond donors (Lipinski definition) is 1. The van der Waals surface area contributed by atoms with Crippen LogP contribution in [0.5, 0.6) is 0 Å². The lowest BCUT2D eigenvalue weighted by atomic mass is 10.1. The molecule has 0 atom stereocenters. The molecule has 0 radical (unpaired) electrons. The molecule has 0 aliphatic rings. The molecule has 0 saturated carbocycles. The minimum atomic E-state index is 1.06. The highest BCUT2D eigenvalue weighted by Crippen LogP contribution is 2.12. The molecule has 0 aromatic heterocycles. The Morgan fingerprint density at radius 1 is 0.941 bits per heavy atom. The summed E-state index contributed by atoms with van der Waals surface area (Å²) in [6.45, 7) is 2.27. The first-order chi connectivity index (χ1) is 8.35. The predicted octanol–water partition coefficient (Wildman–Crippen LogP) is 4.46. The second-order valence-corrected chi connectivity index (χ2v) is 5.54. The molecule has 3 heteroatoms. The van der Waals surface area contributed by atoms with Crippen molar-refractivity contribution in [1.82, 2.24) is 5.32 Å². The Morgan fingerprint density at radius 2 is 1.47 bits per heavy atom. The zero-order chi connectivity index (χ0) is 12.8. The van der Waals surface area contributed by atoms with E-state index in [1.165, 1.54) is 63.5 Å². The van der Waals surface area contributed by atoms with Gasteiger partial charge in [-0.2, -0.15) is 0 Å². The van der Waals surface area contributed by atoms with Crippen LogP contribution < -0.4 is 5.32 Å². The molecule has 0 unspecified atom stereocenters. The Balaban J connectivity index is 3.08. The van der Waals surface area contributed by atoms with Crippen LogP contribution in [0, 0.1) is 0 Å². The maximum absolute atomic E-state index is 4.15. The third-order valence-corrected chi connectivity index (χ3v) is 4.06. The zero-order valence-corrected chi connectivity index (χ0v) is 12.7. The largest absolute Gasteiger partial charge is 0.368 e. The molecule has 0 aliphatic heterocycles. The number of hydrogen-bond acceptors (Lipinski definition) is 2. The molecule has 0 aliphatic carbocycles. The van der Waals surface area contributed by atoms with Crippen LogP contribution in [0.2, 0.25) is 0 Å². The molecule has 0 saturated heterocycles. The average molecular weight is 258 g/mol. The van der Waals surface area contributed by atoms with E-state index in [-0.39, 0.29) is 0 Å². The third kappa shape index (κ3) is 12.1. The smallest absolute Gasteiger partial charge is 0.156 e. The Hall–Kier alpha value is -0.180. The van der Waals surface area contributed by atoms with Gasteiger partial charge in [-0.1, -0.05) is 70.1 Å². The average Bonchev–Trinajstić information content (AvgIpc) is 2.36. The minimum Gasteiger partial charge on any atom is -0.368 e. The van der Waals surface area contributed by atoms with E-state index in [2.05, 4.69) is 17.2 Å². The predicted molar refractivity (Wildman–Crippen MR) is 82.1 cm³/mol. The van der Waals surface area contributed by atoms with Crippen molar-refractivity contribution in [3.05, 3.63) is 0 Å². The number of aliphatic imine (C=N–C) groups is 1. The van der Waals surface area contributed by atoms with Gasteiger partial charge in [-0.15, -0.1) is 0 Å². The summed E-state index contributed by atoms with van der Waals surface area (Å²) in [7, 11) is 3.78. The molecule has 1 N–H and O–H groups in total. The van der Waals surface area contributed by atoms with Crippen molar-refractivity contribution in [1.29, 1.82) is 0 Å². The van der Waals surface area contributed by atoms with Crippen LogP contribution in [0.4, 0.5) is 0 Å². The maximum Gasteiger partial charge on any atom is 0.156 e. The number of nitrogens with zero attached hydrogens (tertiary/aromatic N) is 1. The van der Waals surface area contributed by atoms with Gasteiger partial charge in [0.15, 0.2) is 5.17 Å². The molecular formula is C14H30N2S. The van der Waals surface area contributed by atoms with Crippen LogP contribution in [0.15, 0.2) is 4.99 Å². The summed E-state index contributed by atoms with van der Waals surface area (Å²) in [6, 6.07) is 0. The molecule has 0 aromatic rings. The Morgan fingerprint density at radius 3 is 1.94 bits per heavy atom. The first-order valence-corrected chi connectivity index (χ1v) is 8.11. The summed E-state index contributed by atoms with van der Waals surface area (Å²) >= 11 is 1.84. The van der Waals surface area contributed by atoms with Crippen molar-refractivity contribution in [3.63, 3.8) is 0 Å². The fraction of sp³-hybridized carbons (Fsp3) is 0.929. The van der Waals surface area contributed by atoms with Gasteiger partial charge in [-0.3, -0.25) is 4.99 Å². The van der Waals surface area contributed by atoms with Gasteiger partial charge < -0.3 is 5.32 Å². The minimum absolute atomic E-state index is 1.06. The molecule has 0 heterocycles. The van der Waals surface area contributed by atoms with Gasteiger partial charge in [0, 0.05) is 19.8 Å².